The predicted molar refractivity (Wildman–Crippen MR) is 49.4 cm³/mol. The molecule has 1 N–H and O–H groups in total. The van der Waals surface area contributed by atoms with Crippen LogP contribution in [0.15, 0.2) is 38.0 Å². The van der Waals surface area contributed by atoms with E-state index in [0.29, 0.717) is 0 Å². The summed E-state index contributed by atoms with van der Waals surface area (Å²) in [5.41, 5.74) is 0. The fourth-order valence-corrected chi connectivity index (χ4v) is 0.223. The van der Waals surface area contributed by atoms with Crippen LogP contribution in [-0.2, 0) is 9.59 Å². The summed E-state index contributed by atoms with van der Waals surface area (Å²) in [6.07, 6.45) is 3.78. The molecule has 0 aliphatic heterocycles. The lowest BCUT2D eigenvalue weighted by Gasteiger charge is -1.91. The highest BCUT2D eigenvalue weighted by atomic mass is 16.2. The molecule has 0 aromatic heterocycles. The Labute approximate surface area is 72.5 Å². The van der Waals surface area contributed by atoms with Crippen LogP contribution in [0.3, 0.4) is 0 Å². The molecule has 0 aromatic rings. The normalized spacial score (nSPS) is 6.75. The molecule has 0 saturated heterocycles. The molecule has 2 amide bonds. The number of hydrogen-bond acceptors (Lipinski definition) is 2. The average Bonchev–Trinajstić information content (AvgIpc) is 2.05. The molecule has 0 aliphatic rings. The quantitative estimate of drug-likeness (QED) is 0.496. The van der Waals surface area contributed by atoms with E-state index in [2.05, 4.69) is 19.7 Å². The third kappa shape index (κ3) is 11.2. The van der Waals surface area contributed by atoms with E-state index in [1.54, 1.807) is 6.08 Å². The van der Waals surface area contributed by atoms with Crippen LogP contribution in [0.4, 0.5) is 0 Å². The first-order valence-corrected chi connectivity index (χ1v) is 3.29. The van der Waals surface area contributed by atoms with Crippen molar-refractivity contribution in [3.05, 3.63) is 38.0 Å². The molecule has 0 aromatic carbocycles. The van der Waals surface area contributed by atoms with Crippen molar-refractivity contribution in [1.29, 1.82) is 0 Å². The van der Waals surface area contributed by atoms with Gasteiger partial charge in [-0.25, -0.2) is 0 Å². The highest BCUT2D eigenvalue weighted by molar-refractivity contribution is 6.04. The fraction of sp³-hybridized carbons (Fsp3) is 0.111. The van der Waals surface area contributed by atoms with Crippen molar-refractivity contribution in [3.8, 4) is 0 Å². The minimum Gasteiger partial charge on any atom is -0.289 e. The molecule has 0 saturated carbocycles. The van der Waals surface area contributed by atoms with Gasteiger partial charge in [0, 0.05) is 0 Å². The van der Waals surface area contributed by atoms with Crippen LogP contribution in [0.1, 0.15) is 6.92 Å². The Morgan fingerprint density at radius 2 is 1.33 bits per heavy atom. The highest BCUT2D eigenvalue weighted by Gasteiger charge is 1.96. The summed E-state index contributed by atoms with van der Waals surface area (Å²) >= 11 is 0. The number of hydrogen-bond donors (Lipinski definition) is 1. The Bertz CT molecular complexity index is 177. The zero-order chi connectivity index (χ0) is 9.98. The van der Waals surface area contributed by atoms with Crippen LogP contribution in [0.25, 0.3) is 0 Å². The van der Waals surface area contributed by atoms with E-state index in [4.69, 9.17) is 0 Å². The largest absolute Gasteiger partial charge is 0.289 e. The summed E-state index contributed by atoms with van der Waals surface area (Å²) in [6.45, 7) is 11.5. The first-order valence-electron chi connectivity index (χ1n) is 3.29. The van der Waals surface area contributed by atoms with Crippen molar-refractivity contribution >= 4 is 11.8 Å². The van der Waals surface area contributed by atoms with Gasteiger partial charge in [0.15, 0.2) is 0 Å². The molecule has 0 aliphatic carbocycles. The average molecular weight is 167 g/mol. The molecule has 0 rings (SSSR count). The van der Waals surface area contributed by atoms with Crippen molar-refractivity contribution in [2.24, 2.45) is 0 Å². The van der Waals surface area contributed by atoms with Crippen molar-refractivity contribution in [3.63, 3.8) is 0 Å². The van der Waals surface area contributed by atoms with Gasteiger partial charge in [0.25, 0.3) is 0 Å². The molecule has 0 heterocycles. The van der Waals surface area contributed by atoms with E-state index in [1.165, 1.54) is 0 Å². The standard InChI is InChI=1S/C6H7NO2.C3H6/c1-3-5(8)7-6(9)4-2;1-3-2/h3-4H,1-2H2,(H,7,8,9);3H,1H2,2H3. The number of carbonyl (C=O) groups is 2. The van der Waals surface area contributed by atoms with Gasteiger partial charge < -0.3 is 0 Å². The van der Waals surface area contributed by atoms with Crippen LogP contribution in [-0.4, -0.2) is 11.8 Å². The van der Waals surface area contributed by atoms with E-state index < -0.39 is 11.8 Å². The van der Waals surface area contributed by atoms with Gasteiger partial charge in [-0.05, 0) is 19.1 Å². The number of allylic oxidation sites excluding steroid dienone is 1. The second-order valence-electron chi connectivity index (χ2n) is 1.67. The van der Waals surface area contributed by atoms with E-state index in [-0.39, 0.29) is 0 Å². The lowest BCUT2D eigenvalue weighted by Crippen LogP contribution is -2.26. The van der Waals surface area contributed by atoms with E-state index in [1.807, 2.05) is 12.2 Å². The summed E-state index contributed by atoms with van der Waals surface area (Å²) in [7, 11) is 0. The van der Waals surface area contributed by atoms with E-state index >= 15 is 0 Å². The van der Waals surface area contributed by atoms with Crippen molar-refractivity contribution in [1.82, 2.24) is 5.32 Å². The molecule has 0 fully saturated rings. The molecule has 0 radical (unpaired) electrons. The third-order valence-electron chi connectivity index (χ3n) is 0.617. The Morgan fingerprint density at radius 3 is 1.50 bits per heavy atom. The summed E-state index contributed by atoms with van der Waals surface area (Å²) in [4.78, 5) is 20.6. The Hall–Kier alpha value is -1.64. The van der Waals surface area contributed by atoms with Crippen LogP contribution in [0.5, 0.6) is 0 Å². The zero-order valence-corrected chi connectivity index (χ0v) is 7.17. The number of rotatable bonds is 2. The summed E-state index contributed by atoms with van der Waals surface area (Å²) in [6, 6.07) is 0. The maximum Gasteiger partial charge on any atom is 0.250 e. The molecular formula is C9H13NO2. The van der Waals surface area contributed by atoms with Crippen LogP contribution in [0.2, 0.25) is 0 Å². The van der Waals surface area contributed by atoms with Crippen molar-refractivity contribution in [2.45, 2.75) is 6.92 Å². The molecule has 66 valence electrons. The lowest BCUT2D eigenvalue weighted by molar-refractivity contribution is -0.125. The molecule has 12 heavy (non-hydrogen) atoms. The van der Waals surface area contributed by atoms with Crippen LogP contribution >= 0.6 is 0 Å². The Morgan fingerprint density at radius 1 is 1.08 bits per heavy atom. The van der Waals surface area contributed by atoms with Gasteiger partial charge in [0.05, 0.1) is 0 Å². The van der Waals surface area contributed by atoms with E-state index in [0.717, 1.165) is 12.2 Å². The first kappa shape index (κ1) is 13.0. The summed E-state index contributed by atoms with van der Waals surface area (Å²) in [5.74, 6) is -1.03. The van der Waals surface area contributed by atoms with Gasteiger partial charge in [-0.2, -0.15) is 0 Å². The molecule has 0 atom stereocenters. The fourth-order valence-electron chi connectivity index (χ4n) is 0.223. The highest BCUT2D eigenvalue weighted by Crippen LogP contribution is 1.68. The van der Waals surface area contributed by atoms with Crippen LogP contribution in [0, 0.1) is 0 Å². The molecule has 0 bridgehead atoms. The van der Waals surface area contributed by atoms with Gasteiger partial charge in [0.2, 0.25) is 11.8 Å². The van der Waals surface area contributed by atoms with Gasteiger partial charge in [0.1, 0.15) is 0 Å². The minimum absolute atomic E-state index is 0.514. The van der Waals surface area contributed by atoms with Crippen molar-refractivity contribution < 1.29 is 9.59 Å². The third-order valence-corrected chi connectivity index (χ3v) is 0.617. The smallest absolute Gasteiger partial charge is 0.250 e. The summed E-state index contributed by atoms with van der Waals surface area (Å²) in [5, 5.41) is 1.97. The zero-order valence-electron chi connectivity index (χ0n) is 7.17. The maximum atomic E-state index is 10.3. The number of amides is 2. The minimum atomic E-state index is -0.514. The van der Waals surface area contributed by atoms with Gasteiger partial charge >= 0.3 is 0 Å². The second kappa shape index (κ2) is 9.36. The predicted octanol–water partition coefficient (Wildman–Crippen LogP) is 1.19. The van der Waals surface area contributed by atoms with Gasteiger partial charge in [-0.15, -0.1) is 6.58 Å². The number of carbonyl (C=O) groups excluding carboxylic acids is 2. The van der Waals surface area contributed by atoms with Crippen LogP contribution < -0.4 is 5.32 Å². The Kier molecular flexibility index (Phi) is 10.1. The molecular weight excluding hydrogens is 154 g/mol. The monoisotopic (exact) mass is 167 g/mol. The first-order chi connectivity index (χ1) is 5.62. The SMILES string of the molecule is C=CC.C=CC(=O)NC(=O)C=C. The van der Waals surface area contributed by atoms with Crippen molar-refractivity contribution in [2.75, 3.05) is 0 Å². The lowest BCUT2D eigenvalue weighted by atomic mass is 10.5. The number of imide groups is 1. The second-order valence-corrected chi connectivity index (χ2v) is 1.67. The summed E-state index contributed by atoms with van der Waals surface area (Å²) < 4.78 is 0. The van der Waals surface area contributed by atoms with E-state index in [9.17, 15) is 9.59 Å². The topological polar surface area (TPSA) is 46.2 Å². The van der Waals surface area contributed by atoms with Gasteiger partial charge in [-0.3, -0.25) is 14.9 Å². The number of nitrogens with one attached hydrogen (secondary N) is 1. The maximum absolute atomic E-state index is 10.3. The molecule has 0 unspecified atom stereocenters. The Balaban J connectivity index is 0. The molecule has 3 heteroatoms. The molecule has 0 spiro atoms. The molecule has 3 nitrogen and oxygen atoms in total. The van der Waals surface area contributed by atoms with Gasteiger partial charge in [-0.1, -0.05) is 19.2 Å².